The van der Waals surface area contributed by atoms with E-state index in [0.29, 0.717) is 33.6 Å². The molecule has 2 amide bonds. The van der Waals surface area contributed by atoms with Gasteiger partial charge >= 0.3 is 0 Å². The van der Waals surface area contributed by atoms with Crippen LogP contribution in [0.4, 0.5) is 0 Å². The predicted molar refractivity (Wildman–Crippen MR) is 143 cm³/mol. The number of nitrogens with one attached hydrogen (secondary N) is 1. The van der Waals surface area contributed by atoms with Gasteiger partial charge in [0.25, 0.3) is 5.91 Å². The molecular formula is C26H30N2O5S2. The molecule has 0 saturated carbocycles. The molecule has 0 spiro atoms. The maximum absolute atomic E-state index is 13.0. The van der Waals surface area contributed by atoms with E-state index in [2.05, 4.69) is 19.3 Å². The molecule has 1 fully saturated rings. The molecule has 0 radical (unpaired) electrons. The molecule has 0 aromatic heterocycles. The Morgan fingerprint density at radius 3 is 2.17 bits per heavy atom. The van der Waals surface area contributed by atoms with Crippen molar-refractivity contribution in [1.82, 2.24) is 10.4 Å². The molecule has 3 rings (SSSR count). The molecule has 7 nitrogen and oxygen atoms in total. The first-order chi connectivity index (χ1) is 16.7. The Balaban J connectivity index is 1.75. The number of thioether (sulfide) groups is 1. The average molecular weight is 515 g/mol. The molecular weight excluding hydrogens is 484 g/mol. The monoisotopic (exact) mass is 514 g/mol. The van der Waals surface area contributed by atoms with Gasteiger partial charge in [-0.05, 0) is 66.4 Å². The maximum atomic E-state index is 13.0. The minimum Gasteiger partial charge on any atom is -0.493 e. The molecule has 1 heterocycles. The van der Waals surface area contributed by atoms with Crippen molar-refractivity contribution < 1.29 is 23.8 Å². The molecule has 0 bridgehead atoms. The second kappa shape index (κ2) is 11.6. The summed E-state index contributed by atoms with van der Waals surface area (Å²) < 4.78 is 16.4. The van der Waals surface area contributed by atoms with E-state index in [1.807, 2.05) is 24.3 Å². The lowest BCUT2D eigenvalue weighted by Crippen LogP contribution is -2.46. The second-order valence-electron chi connectivity index (χ2n) is 8.51. The van der Waals surface area contributed by atoms with Crippen LogP contribution >= 0.6 is 24.0 Å². The summed E-state index contributed by atoms with van der Waals surface area (Å²) in [7, 11) is 4.57. The lowest BCUT2D eigenvalue weighted by molar-refractivity contribution is -0.133. The Kier molecular flexibility index (Phi) is 8.80. The third kappa shape index (κ3) is 6.15. The third-order valence-electron chi connectivity index (χ3n) is 5.52. The third-order valence-corrected chi connectivity index (χ3v) is 6.82. The number of hydrogen-bond donors (Lipinski definition) is 1. The van der Waals surface area contributed by atoms with Gasteiger partial charge in [-0.2, -0.15) is 5.01 Å². The molecule has 2 aromatic rings. The summed E-state index contributed by atoms with van der Waals surface area (Å²) in [6.07, 6.45) is 2.66. The highest BCUT2D eigenvalue weighted by molar-refractivity contribution is 8.26. The number of amides is 2. The number of benzene rings is 2. The van der Waals surface area contributed by atoms with E-state index < -0.39 is 11.8 Å². The van der Waals surface area contributed by atoms with E-state index in [1.165, 1.54) is 26.9 Å². The zero-order chi connectivity index (χ0) is 25.7. The number of thiocarbonyl (C=S) groups is 1. The highest BCUT2D eigenvalue weighted by Crippen LogP contribution is 2.40. The minimum absolute atomic E-state index is 0.251. The lowest BCUT2D eigenvalue weighted by Gasteiger charge is -2.19. The first-order valence-electron chi connectivity index (χ1n) is 11.2. The maximum Gasteiger partial charge on any atom is 0.285 e. The van der Waals surface area contributed by atoms with Crippen LogP contribution in [0, 0.1) is 5.92 Å². The number of methoxy groups -OCH3 is 3. The number of hydrogen-bond acceptors (Lipinski definition) is 7. The van der Waals surface area contributed by atoms with Gasteiger partial charge in [-0.15, -0.1) is 0 Å². The fraction of sp³-hybridized carbons (Fsp3) is 0.346. The fourth-order valence-electron chi connectivity index (χ4n) is 3.67. The van der Waals surface area contributed by atoms with Gasteiger partial charge in [0, 0.05) is 0 Å². The van der Waals surface area contributed by atoms with Gasteiger partial charge in [0.05, 0.1) is 32.2 Å². The number of nitrogens with zero attached hydrogens (tertiary/aromatic N) is 1. The van der Waals surface area contributed by atoms with Gasteiger partial charge in [-0.25, -0.2) is 0 Å². The normalized spacial score (nSPS) is 15.5. The summed E-state index contributed by atoms with van der Waals surface area (Å²) in [5.41, 5.74) is 5.44. The van der Waals surface area contributed by atoms with Crippen molar-refractivity contribution in [1.29, 1.82) is 0 Å². The molecule has 9 heteroatoms. The molecule has 1 unspecified atom stereocenters. The zero-order valence-corrected chi connectivity index (χ0v) is 22.3. The van der Waals surface area contributed by atoms with Gasteiger partial charge in [0.1, 0.15) is 0 Å². The summed E-state index contributed by atoms with van der Waals surface area (Å²) in [6, 6.07) is 11.5. The Hall–Kier alpha value is -3.04. The molecule has 186 valence electrons. The van der Waals surface area contributed by atoms with E-state index >= 15 is 0 Å². The van der Waals surface area contributed by atoms with Crippen LogP contribution < -0.4 is 19.6 Å². The van der Waals surface area contributed by atoms with Crippen molar-refractivity contribution in [3.05, 3.63) is 58.0 Å². The Bertz CT molecular complexity index is 1120. The van der Waals surface area contributed by atoms with Crippen LogP contribution in [0.25, 0.3) is 6.08 Å². The lowest BCUT2D eigenvalue weighted by atomic mass is 9.96. The summed E-state index contributed by atoms with van der Waals surface area (Å²) >= 11 is 6.48. The number of hydrazine groups is 1. The summed E-state index contributed by atoms with van der Waals surface area (Å²) in [6.45, 7) is 6.14. The van der Waals surface area contributed by atoms with Crippen LogP contribution in [-0.2, 0) is 16.0 Å². The van der Waals surface area contributed by atoms with Gasteiger partial charge in [-0.1, -0.05) is 49.9 Å². The number of carbonyl (C=O) groups excluding carboxylic acids is 2. The molecule has 1 atom stereocenters. The fourth-order valence-corrected chi connectivity index (χ4v) is 4.85. The smallest absolute Gasteiger partial charge is 0.285 e. The molecule has 1 saturated heterocycles. The average Bonchev–Trinajstić information content (AvgIpc) is 3.10. The van der Waals surface area contributed by atoms with Crippen LogP contribution in [0.3, 0.4) is 0 Å². The van der Waals surface area contributed by atoms with Crippen LogP contribution in [0.5, 0.6) is 17.2 Å². The summed E-state index contributed by atoms with van der Waals surface area (Å²) in [4.78, 5) is 26.3. The first-order valence-corrected chi connectivity index (χ1v) is 12.4. The Morgan fingerprint density at radius 2 is 1.66 bits per heavy atom. The van der Waals surface area contributed by atoms with Crippen LogP contribution in [0.1, 0.15) is 43.4 Å². The van der Waals surface area contributed by atoms with Crippen LogP contribution in [-0.4, -0.2) is 42.5 Å². The highest BCUT2D eigenvalue weighted by atomic mass is 32.2. The topological polar surface area (TPSA) is 77.1 Å². The van der Waals surface area contributed by atoms with Crippen LogP contribution in [0.15, 0.2) is 41.3 Å². The molecule has 2 aromatic carbocycles. The van der Waals surface area contributed by atoms with E-state index in [4.69, 9.17) is 26.4 Å². The predicted octanol–water partition coefficient (Wildman–Crippen LogP) is 4.95. The second-order valence-corrected chi connectivity index (χ2v) is 10.2. The van der Waals surface area contributed by atoms with E-state index in [0.717, 1.165) is 28.8 Å². The molecule has 35 heavy (non-hydrogen) atoms. The van der Waals surface area contributed by atoms with E-state index in [9.17, 15) is 9.59 Å². The summed E-state index contributed by atoms with van der Waals surface area (Å²) in [5.74, 6) is 0.785. The highest BCUT2D eigenvalue weighted by Gasteiger charge is 2.34. The van der Waals surface area contributed by atoms with E-state index in [1.54, 1.807) is 25.1 Å². The summed E-state index contributed by atoms with van der Waals surface area (Å²) in [5, 5.41) is 1.12. The first kappa shape index (κ1) is 26.6. The van der Waals surface area contributed by atoms with Crippen molar-refractivity contribution in [2.75, 3.05) is 21.3 Å². The molecule has 0 aliphatic carbocycles. The van der Waals surface area contributed by atoms with Crippen molar-refractivity contribution in [3.63, 3.8) is 0 Å². The van der Waals surface area contributed by atoms with Crippen molar-refractivity contribution in [2.45, 2.75) is 33.1 Å². The number of rotatable bonds is 9. The van der Waals surface area contributed by atoms with Gasteiger partial charge < -0.3 is 14.2 Å². The molecule has 1 N–H and O–H groups in total. The Labute approximate surface area is 215 Å². The SMILES string of the molecule is COc1cc(/C=C2\SC(=S)N(NC(=O)C(C)c3ccc(CC(C)C)cc3)C2=O)cc(OC)c1OC. The van der Waals surface area contributed by atoms with Gasteiger partial charge in [-0.3, -0.25) is 15.0 Å². The molecule has 1 aliphatic rings. The number of ether oxygens (including phenoxy) is 3. The van der Waals surface area contributed by atoms with Crippen molar-refractivity contribution in [3.8, 4) is 17.2 Å². The van der Waals surface area contributed by atoms with Crippen molar-refractivity contribution in [2.24, 2.45) is 5.92 Å². The van der Waals surface area contributed by atoms with Gasteiger partial charge in [0.2, 0.25) is 11.7 Å². The number of carbonyl (C=O) groups is 2. The minimum atomic E-state index is -0.452. The van der Waals surface area contributed by atoms with Gasteiger partial charge in [0.15, 0.2) is 15.8 Å². The quantitative estimate of drug-likeness (QED) is 0.375. The zero-order valence-electron chi connectivity index (χ0n) is 20.7. The van der Waals surface area contributed by atoms with Crippen LogP contribution in [0.2, 0.25) is 0 Å². The standard InChI is InChI=1S/C26H30N2O5S2/c1-15(2)11-17-7-9-19(10-8-17)16(3)24(29)27-28-25(30)22(35-26(28)34)14-18-12-20(31-4)23(33-6)21(13-18)32-5/h7-10,12-16H,11H2,1-6H3,(H,27,29)/b22-14-. The Morgan fingerprint density at radius 1 is 1.06 bits per heavy atom. The molecule has 1 aliphatic heterocycles. The largest absolute Gasteiger partial charge is 0.493 e. The van der Waals surface area contributed by atoms with Crippen molar-refractivity contribution >= 4 is 46.2 Å². The van der Waals surface area contributed by atoms with E-state index in [-0.39, 0.29) is 10.2 Å².